The van der Waals surface area contributed by atoms with E-state index in [1.165, 1.54) is 5.56 Å². The van der Waals surface area contributed by atoms with Gasteiger partial charge in [-0.25, -0.2) is 9.97 Å². The zero-order valence-electron chi connectivity index (χ0n) is 25.4. The Labute approximate surface area is 264 Å². The Hall–Kier alpha value is -5.90. The first kappa shape index (κ1) is 28.8. The van der Waals surface area contributed by atoms with E-state index in [1.54, 1.807) is 60.3 Å². The van der Waals surface area contributed by atoms with Gasteiger partial charge in [0.25, 0.3) is 11.1 Å². The van der Waals surface area contributed by atoms with E-state index in [0.29, 0.717) is 41.8 Å². The van der Waals surface area contributed by atoms with Crippen LogP contribution in [0.1, 0.15) is 11.1 Å². The van der Waals surface area contributed by atoms with Crippen molar-refractivity contribution in [1.29, 1.82) is 0 Å². The Morgan fingerprint density at radius 1 is 0.587 bits per heavy atom. The lowest BCUT2D eigenvalue weighted by molar-refractivity contribution is 0.354. The van der Waals surface area contributed by atoms with E-state index in [4.69, 9.17) is 19.4 Å². The summed E-state index contributed by atoms with van der Waals surface area (Å²) in [5, 5.41) is 0. The van der Waals surface area contributed by atoms with Gasteiger partial charge in [0.1, 0.15) is 11.6 Å². The molecular formula is C36H30N6O4. The molecule has 2 aliphatic rings. The summed E-state index contributed by atoms with van der Waals surface area (Å²) in [6, 6.07) is 22.6. The van der Waals surface area contributed by atoms with Crippen LogP contribution in [0.4, 0.5) is 0 Å². The van der Waals surface area contributed by atoms with Crippen molar-refractivity contribution < 1.29 is 9.47 Å². The fraction of sp³-hybridized carbons (Fsp3) is 0.167. The number of aromatic nitrogens is 6. The molecule has 0 N–H and O–H groups in total. The van der Waals surface area contributed by atoms with Crippen molar-refractivity contribution in [2.24, 2.45) is 0 Å². The Morgan fingerprint density at radius 2 is 1.09 bits per heavy atom. The molecule has 0 atom stereocenters. The number of rotatable bonds is 4. The number of benzene rings is 2. The van der Waals surface area contributed by atoms with E-state index in [2.05, 4.69) is 16.0 Å². The fourth-order valence-electron chi connectivity index (χ4n) is 5.95. The zero-order chi connectivity index (χ0) is 31.6. The Balaban J connectivity index is 0.000000149. The molecule has 0 amide bonds. The van der Waals surface area contributed by atoms with Crippen LogP contribution in [0.3, 0.4) is 0 Å². The molecule has 0 spiro atoms. The molecule has 4 aromatic heterocycles. The van der Waals surface area contributed by atoms with Gasteiger partial charge < -0.3 is 9.47 Å². The summed E-state index contributed by atoms with van der Waals surface area (Å²) in [7, 11) is 3.21. The maximum atomic E-state index is 12.6. The van der Waals surface area contributed by atoms with Gasteiger partial charge in [-0.15, -0.1) is 0 Å². The van der Waals surface area contributed by atoms with Gasteiger partial charge in [0.2, 0.25) is 0 Å². The molecule has 2 aliphatic heterocycles. The van der Waals surface area contributed by atoms with Crippen molar-refractivity contribution >= 4 is 0 Å². The van der Waals surface area contributed by atoms with Gasteiger partial charge in [0.05, 0.1) is 25.6 Å². The first-order valence-electron chi connectivity index (χ1n) is 14.9. The van der Waals surface area contributed by atoms with Gasteiger partial charge in [-0.05, 0) is 60.4 Å². The number of hydrogen-bond donors (Lipinski definition) is 0. The van der Waals surface area contributed by atoms with E-state index in [9.17, 15) is 9.59 Å². The number of aryl methyl sites for hydroxylation is 2. The predicted octanol–water partition coefficient (Wildman–Crippen LogP) is 5.07. The van der Waals surface area contributed by atoms with Crippen LogP contribution in [0.25, 0.3) is 45.3 Å². The Bertz CT molecular complexity index is 2180. The zero-order valence-corrected chi connectivity index (χ0v) is 25.4. The number of nitrogens with zero attached hydrogens (tertiary/aromatic N) is 6. The van der Waals surface area contributed by atoms with Gasteiger partial charge in [-0.2, -0.15) is 0 Å². The minimum atomic E-state index is -0.0581. The predicted molar refractivity (Wildman–Crippen MR) is 175 cm³/mol. The quantitative estimate of drug-likeness (QED) is 0.272. The molecule has 46 heavy (non-hydrogen) atoms. The third-order valence-electron chi connectivity index (χ3n) is 8.29. The summed E-state index contributed by atoms with van der Waals surface area (Å²) in [5.74, 6) is 2.72. The molecule has 0 fully saturated rings. The monoisotopic (exact) mass is 610 g/mol. The maximum absolute atomic E-state index is 12.6. The average molecular weight is 611 g/mol. The molecule has 10 heteroatoms. The molecule has 0 unspecified atom stereocenters. The number of fused-ring (bicyclic) bond motifs is 6. The lowest BCUT2D eigenvalue weighted by atomic mass is 9.99. The minimum Gasteiger partial charge on any atom is -0.493 e. The smallest absolute Gasteiger partial charge is 0.254 e. The van der Waals surface area contributed by atoms with E-state index in [0.717, 1.165) is 46.5 Å². The standard InChI is InChI=1S/C19H17N3O3.C17H13N3O/c1-24-16-9-13-5-8-22-18(23)11-15(12-3-6-20-7-4-12)21-19(22)14(13)10-17(16)25-2;21-16-11-15(13-5-8-18-9-6-13)19-17-14-4-2-1-3-12(14)7-10-20(16)17/h3-4,6-7,9-11H,5,8H2,1-2H3;1-6,8-9,11H,7,10H2. The number of pyridine rings is 2. The van der Waals surface area contributed by atoms with Crippen LogP contribution in [-0.4, -0.2) is 43.3 Å². The van der Waals surface area contributed by atoms with Gasteiger partial charge in [-0.1, -0.05) is 24.3 Å². The van der Waals surface area contributed by atoms with Crippen LogP contribution in [-0.2, 0) is 25.9 Å². The summed E-state index contributed by atoms with van der Waals surface area (Å²) < 4.78 is 14.3. The van der Waals surface area contributed by atoms with E-state index >= 15 is 0 Å². The van der Waals surface area contributed by atoms with Crippen molar-refractivity contribution in [1.82, 2.24) is 29.1 Å². The van der Waals surface area contributed by atoms with Crippen LogP contribution in [0.5, 0.6) is 11.5 Å². The molecule has 228 valence electrons. The third-order valence-corrected chi connectivity index (χ3v) is 8.29. The topological polar surface area (TPSA) is 114 Å². The summed E-state index contributed by atoms with van der Waals surface area (Å²) in [4.78, 5) is 42.5. The number of ether oxygens (including phenoxy) is 2. The van der Waals surface area contributed by atoms with Gasteiger partial charge in [0, 0.05) is 72.3 Å². The third kappa shape index (κ3) is 5.34. The summed E-state index contributed by atoms with van der Waals surface area (Å²) in [5.41, 5.74) is 7.35. The molecule has 6 aromatic rings. The molecule has 0 saturated carbocycles. The summed E-state index contributed by atoms with van der Waals surface area (Å²) in [6.07, 6.45) is 8.42. The molecule has 0 radical (unpaired) electrons. The van der Waals surface area contributed by atoms with Crippen molar-refractivity contribution in [3.63, 3.8) is 0 Å². The van der Waals surface area contributed by atoms with Gasteiger partial charge in [0.15, 0.2) is 11.5 Å². The number of methoxy groups -OCH3 is 2. The highest BCUT2D eigenvalue weighted by Gasteiger charge is 2.23. The molecule has 2 aromatic carbocycles. The molecule has 0 saturated heterocycles. The van der Waals surface area contributed by atoms with Crippen molar-refractivity contribution in [3.8, 4) is 56.8 Å². The van der Waals surface area contributed by atoms with Gasteiger partial charge in [-0.3, -0.25) is 28.7 Å². The highest BCUT2D eigenvalue weighted by molar-refractivity contribution is 5.70. The van der Waals surface area contributed by atoms with Crippen molar-refractivity contribution in [2.75, 3.05) is 14.2 Å². The van der Waals surface area contributed by atoms with E-state index in [1.807, 2.05) is 54.6 Å². The molecule has 8 rings (SSSR count). The Morgan fingerprint density at radius 3 is 1.65 bits per heavy atom. The number of hydrogen-bond acceptors (Lipinski definition) is 8. The van der Waals surface area contributed by atoms with Crippen LogP contribution in [0.15, 0.2) is 107 Å². The van der Waals surface area contributed by atoms with Crippen molar-refractivity contribution in [2.45, 2.75) is 25.9 Å². The van der Waals surface area contributed by atoms with Crippen LogP contribution in [0.2, 0.25) is 0 Å². The lowest BCUT2D eigenvalue weighted by Gasteiger charge is -2.23. The average Bonchev–Trinajstić information content (AvgIpc) is 3.11. The minimum absolute atomic E-state index is 0.00122. The first-order chi connectivity index (χ1) is 22.5. The second kappa shape index (κ2) is 12.2. The van der Waals surface area contributed by atoms with Crippen molar-refractivity contribution in [3.05, 3.63) is 129 Å². The molecule has 0 aliphatic carbocycles. The molecular weight excluding hydrogens is 580 g/mol. The second-order valence-electron chi connectivity index (χ2n) is 10.9. The van der Waals surface area contributed by atoms with Crippen LogP contribution in [0, 0.1) is 0 Å². The van der Waals surface area contributed by atoms with Crippen LogP contribution >= 0.6 is 0 Å². The largest absolute Gasteiger partial charge is 0.493 e. The van der Waals surface area contributed by atoms with E-state index in [-0.39, 0.29) is 11.1 Å². The normalized spacial score (nSPS) is 12.4. The first-order valence-corrected chi connectivity index (χ1v) is 14.9. The molecule has 0 bridgehead atoms. The fourth-order valence-corrected chi connectivity index (χ4v) is 5.95. The second-order valence-corrected chi connectivity index (χ2v) is 10.9. The molecule has 6 heterocycles. The maximum Gasteiger partial charge on any atom is 0.254 e. The van der Waals surface area contributed by atoms with Crippen LogP contribution < -0.4 is 20.6 Å². The molecule has 10 nitrogen and oxygen atoms in total. The van der Waals surface area contributed by atoms with E-state index < -0.39 is 0 Å². The Kier molecular flexibility index (Phi) is 7.67. The summed E-state index contributed by atoms with van der Waals surface area (Å²) in [6.45, 7) is 1.29. The summed E-state index contributed by atoms with van der Waals surface area (Å²) >= 11 is 0. The highest BCUT2D eigenvalue weighted by atomic mass is 16.5. The lowest BCUT2D eigenvalue weighted by Crippen LogP contribution is -2.27. The SMILES string of the molecule is COc1cc2c(cc1OC)-c1nc(-c3ccncc3)cc(=O)n1CC2.O=c1cc(-c2ccncc2)nc2n1CCc1ccccc1-2. The highest BCUT2D eigenvalue weighted by Crippen LogP contribution is 2.37. The van der Waals surface area contributed by atoms with Gasteiger partial charge >= 0.3 is 0 Å².